The van der Waals surface area contributed by atoms with E-state index in [1.165, 1.54) is 11.3 Å². The van der Waals surface area contributed by atoms with Crippen molar-refractivity contribution >= 4 is 34.5 Å². The van der Waals surface area contributed by atoms with Crippen molar-refractivity contribution in [2.75, 3.05) is 17.2 Å². The summed E-state index contributed by atoms with van der Waals surface area (Å²) in [5.41, 5.74) is 2.03. The van der Waals surface area contributed by atoms with Gasteiger partial charge in [-0.2, -0.15) is 0 Å². The summed E-state index contributed by atoms with van der Waals surface area (Å²) in [6.45, 7) is 3.84. The summed E-state index contributed by atoms with van der Waals surface area (Å²) >= 11 is 1.38. The summed E-state index contributed by atoms with van der Waals surface area (Å²) in [5, 5.41) is 6.43. The molecule has 0 saturated carbocycles. The van der Waals surface area contributed by atoms with Gasteiger partial charge in [-0.1, -0.05) is 6.92 Å². The fourth-order valence-corrected chi connectivity index (χ4v) is 3.13. The van der Waals surface area contributed by atoms with Gasteiger partial charge >= 0.3 is 0 Å². The molecule has 7 heteroatoms. The second-order valence-electron chi connectivity index (χ2n) is 4.86. The number of aromatic nitrogens is 1. The topological polar surface area (TPSA) is 80.3 Å². The molecule has 0 fully saturated rings. The number of carbonyl (C=O) groups is 2. The van der Waals surface area contributed by atoms with Gasteiger partial charge in [-0.3, -0.25) is 9.59 Å². The van der Waals surface area contributed by atoms with Crippen LogP contribution < -0.4 is 15.4 Å². The maximum Gasteiger partial charge on any atom is 0.267 e. The molecule has 2 aromatic rings. The predicted octanol–water partition coefficient (Wildman–Crippen LogP) is 2.60. The third-order valence-electron chi connectivity index (χ3n) is 3.22. The van der Waals surface area contributed by atoms with Crippen LogP contribution in [-0.4, -0.2) is 23.4 Å². The molecule has 3 rings (SSSR count). The molecular weight excluding hydrogens is 302 g/mol. The summed E-state index contributed by atoms with van der Waals surface area (Å²) in [6.07, 6.45) is 0.715. The number of carbonyl (C=O) groups excluding carboxylic acids is 2. The van der Waals surface area contributed by atoms with E-state index in [1.807, 2.05) is 13.8 Å². The van der Waals surface area contributed by atoms with Crippen LogP contribution in [0.3, 0.4) is 0 Å². The van der Waals surface area contributed by atoms with Crippen molar-refractivity contribution < 1.29 is 14.3 Å². The van der Waals surface area contributed by atoms with E-state index in [9.17, 15) is 9.59 Å². The summed E-state index contributed by atoms with van der Waals surface area (Å²) < 4.78 is 5.34. The third kappa shape index (κ3) is 2.80. The van der Waals surface area contributed by atoms with Gasteiger partial charge in [-0.15, -0.1) is 11.3 Å². The van der Waals surface area contributed by atoms with Crippen LogP contribution in [0.25, 0.3) is 0 Å². The minimum Gasteiger partial charge on any atom is -0.482 e. The van der Waals surface area contributed by atoms with Crippen molar-refractivity contribution in [2.24, 2.45) is 0 Å². The molecular formula is C15H15N3O3S. The number of anilines is 2. The molecule has 114 valence electrons. The van der Waals surface area contributed by atoms with Crippen LogP contribution in [0.5, 0.6) is 5.75 Å². The van der Waals surface area contributed by atoms with Gasteiger partial charge in [0, 0.05) is 11.8 Å². The summed E-state index contributed by atoms with van der Waals surface area (Å²) in [4.78, 5) is 28.6. The number of amides is 2. The fourth-order valence-electron chi connectivity index (χ4n) is 2.23. The number of rotatable bonds is 3. The average Bonchev–Trinajstić information content (AvgIpc) is 2.88. The first kappa shape index (κ1) is 14.5. The van der Waals surface area contributed by atoms with Gasteiger partial charge in [0.1, 0.15) is 10.6 Å². The van der Waals surface area contributed by atoms with Crippen LogP contribution in [0.4, 0.5) is 11.4 Å². The first-order valence-electron chi connectivity index (χ1n) is 6.91. The van der Waals surface area contributed by atoms with Crippen molar-refractivity contribution in [2.45, 2.75) is 20.3 Å². The zero-order valence-electron chi connectivity index (χ0n) is 12.2. The van der Waals surface area contributed by atoms with E-state index >= 15 is 0 Å². The van der Waals surface area contributed by atoms with E-state index in [4.69, 9.17) is 4.74 Å². The number of aryl methyl sites for hydroxylation is 2. The lowest BCUT2D eigenvalue weighted by molar-refractivity contribution is -0.118. The van der Waals surface area contributed by atoms with Crippen molar-refractivity contribution in [1.29, 1.82) is 0 Å². The van der Waals surface area contributed by atoms with E-state index in [-0.39, 0.29) is 18.4 Å². The third-order valence-corrected chi connectivity index (χ3v) is 4.23. The molecule has 2 amide bonds. The quantitative estimate of drug-likeness (QED) is 0.912. The first-order valence-corrected chi connectivity index (χ1v) is 7.73. The molecule has 0 atom stereocenters. The second kappa shape index (κ2) is 5.76. The Morgan fingerprint density at radius 2 is 2.32 bits per heavy atom. The minimum atomic E-state index is -0.183. The van der Waals surface area contributed by atoms with Gasteiger partial charge in [-0.25, -0.2) is 4.98 Å². The van der Waals surface area contributed by atoms with Gasteiger partial charge < -0.3 is 15.4 Å². The highest BCUT2D eigenvalue weighted by atomic mass is 32.1. The van der Waals surface area contributed by atoms with E-state index in [1.54, 1.807) is 18.2 Å². The van der Waals surface area contributed by atoms with Crippen LogP contribution in [0.2, 0.25) is 0 Å². The Labute approximate surface area is 131 Å². The highest BCUT2D eigenvalue weighted by Gasteiger charge is 2.19. The van der Waals surface area contributed by atoms with Gasteiger partial charge in [0.25, 0.3) is 11.8 Å². The molecule has 1 aliphatic heterocycles. The monoisotopic (exact) mass is 317 g/mol. The second-order valence-corrected chi connectivity index (χ2v) is 6.07. The van der Waals surface area contributed by atoms with Crippen molar-refractivity contribution in [3.05, 3.63) is 33.8 Å². The molecule has 6 nitrogen and oxygen atoms in total. The molecule has 0 radical (unpaired) electrons. The van der Waals surface area contributed by atoms with Crippen LogP contribution in [0, 0.1) is 6.92 Å². The molecule has 22 heavy (non-hydrogen) atoms. The smallest absolute Gasteiger partial charge is 0.267 e. The van der Waals surface area contributed by atoms with Crippen LogP contribution in [0.15, 0.2) is 18.2 Å². The lowest BCUT2D eigenvalue weighted by atomic mass is 10.2. The minimum absolute atomic E-state index is 0.0155. The normalized spacial score (nSPS) is 13.1. The average molecular weight is 317 g/mol. The molecule has 0 unspecified atom stereocenters. The highest BCUT2D eigenvalue weighted by molar-refractivity contribution is 7.13. The molecule has 0 bridgehead atoms. The summed E-state index contributed by atoms with van der Waals surface area (Å²) in [7, 11) is 0. The Morgan fingerprint density at radius 1 is 1.50 bits per heavy atom. The van der Waals surface area contributed by atoms with Gasteiger partial charge in [0.2, 0.25) is 0 Å². The Morgan fingerprint density at radius 3 is 3.09 bits per heavy atom. The predicted molar refractivity (Wildman–Crippen MR) is 84.7 cm³/mol. The number of hydrogen-bond donors (Lipinski definition) is 2. The van der Waals surface area contributed by atoms with Gasteiger partial charge in [0.15, 0.2) is 6.61 Å². The fraction of sp³-hybridized carbons (Fsp3) is 0.267. The summed E-state index contributed by atoms with van der Waals surface area (Å²) in [5.74, 6) is 0.188. The van der Waals surface area contributed by atoms with Gasteiger partial charge in [-0.05, 0) is 25.5 Å². The Kier molecular flexibility index (Phi) is 3.81. The van der Waals surface area contributed by atoms with Crippen molar-refractivity contribution in [3.8, 4) is 5.75 Å². The van der Waals surface area contributed by atoms with E-state index in [2.05, 4.69) is 15.6 Å². The number of benzene rings is 1. The standard InChI is InChI=1S/C15H15N3O3S/c1-3-10-14(22-8(2)16-10)15(20)17-9-4-5-11-12(6-9)21-7-13(19)18-11/h4-6H,3,7H2,1-2H3,(H,17,20)(H,18,19). The zero-order valence-corrected chi connectivity index (χ0v) is 13.0. The number of thiazole rings is 1. The molecule has 1 aliphatic rings. The Hall–Kier alpha value is -2.41. The first-order chi connectivity index (χ1) is 10.6. The maximum atomic E-state index is 12.4. The molecule has 2 N–H and O–H groups in total. The van der Waals surface area contributed by atoms with E-state index in [0.717, 1.165) is 10.7 Å². The molecule has 1 aromatic heterocycles. The molecule has 1 aromatic carbocycles. The SMILES string of the molecule is CCc1nc(C)sc1C(=O)Nc1ccc2c(c1)OCC(=O)N2. The number of ether oxygens (including phenoxy) is 1. The largest absolute Gasteiger partial charge is 0.482 e. The van der Waals surface area contributed by atoms with Crippen LogP contribution in [0.1, 0.15) is 27.3 Å². The zero-order chi connectivity index (χ0) is 15.7. The van der Waals surface area contributed by atoms with E-state index < -0.39 is 0 Å². The number of nitrogens with zero attached hydrogens (tertiary/aromatic N) is 1. The van der Waals surface area contributed by atoms with Gasteiger partial charge in [0.05, 0.1) is 16.4 Å². The lowest BCUT2D eigenvalue weighted by Gasteiger charge is -2.18. The lowest BCUT2D eigenvalue weighted by Crippen LogP contribution is -2.25. The molecule has 2 heterocycles. The number of hydrogen-bond acceptors (Lipinski definition) is 5. The number of nitrogens with one attached hydrogen (secondary N) is 2. The highest BCUT2D eigenvalue weighted by Crippen LogP contribution is 2.31. The van der Waals surface area contributed by atoms with E-state index in [0.29, 0.717) is 28.4 Å². The molecule has 0 saturated heterocycles. The van der Waals surface area contributed by atoms with Crippen LogP contribution in [-0.2, 0) is 11.2 Å². The van der Waals surface area contributed by atoms with Crippen molar-refractivity contribution in [3.63, 3.8) is 0 Å². The van der Waals surface area contributed by atoms with Crippen LogP contribution >= 0.6 is 11.3 Å². The Balaban J connectivity index is 1.81. The molecule has 0 spiro atoms. The Bertz CT molecular complexity index is 754. The van der Waals surface area contributed by atoms with Crippen molar-refractivity contribution in [1.82, 2.24) is 4.98 Å². The summed E-state index contributed by atoms with van der Waals surface area (Å²) in [6, 6.07) is 5.14. The maximum absolute atomic E-state index is 12.4. The molecule has 0 aliphatic carbocycles. The number of fused-ring (bicyclic) bond motifs is 1.